The first kappa shape index (κ1) is 13.4. The first-order chi connectivity index (χ1) is 8.61. The van der Waals surface area contributed by atoms with Crippen molar-refractivity contribution >= 4 is 27.7 Å². The lowest BCUT2D eigenvalue weighted by molar-refractivity contribution is 0.631. The van der Waals surface area contributed by atoms with E-state index in [9.17, 15) is 4.79 Å². The Balaban J connectivity index is 2.17. The van der Waals surface area contributed by atoms with Gasteiger partial charge in [0.05, 0.1) is 15.9 Å². The fourth-order valence-corrected chi connectivity index (χ4v) is 3.05. The van der Waals surface area contributed by atoms with Crippen LogP contribution >= 0.6 is 27.7 Å². The van der Waals surface area contributed by atoms with Gasteiger partial charge in [-0.15, -0.1) is 0 Å². The topological polar surface area (TPSA) is 63.6 Å². The largest absolute Gasteiger partial charge is 0.301 e. The number of aryl methyl sites for hydroxylation is 2. The molecule has 0 saturated heterocycles. The van der Waals surface area contributed by atoms with E-state index in [0.717, 1.165) is 22.4 Å². The van der Waals surface area contributed by atoms with Gasteiger partial charge in [-0.25, -0.2) is 4.98 Å². The summed E-state index contributed by atoms with van der Waals surface area (Å²) in [6, 6.07) is 1.40. The van der Waals surface area contributed by atoms with Crippen LogP contribution in [0.25, 0.3) is 0 Å². The first-order valence-corrected chi connectivity index (χ1v) is 7.29. The van der Waals surface area contributed by atoms with Crippen LogP contribution in [-0.4, -0.2) is 19.7 Å². The molecule has 0 bridgehead atoms. The fraction of sp³-hybridized carbons (Fsp3) is 0.364. The lowest BCUT2D eigenvalue weighted by Crippen LogP contribution is -2.06. The number of aromatic amines is 1. The minimum absolute atomic E-state index is 0.133. The molecule has 0 saturated carbocycles. The summed E-state index contributed by atoms with van der Waals surface area (Å²) in [6.07, 6.45) is 1.51. The maximum absolute atomic E-state index is 11.2. The van der Waals surface area contributed by atoms with Crippen molar-refractivity contribution < 1.29 is 0 Å². The van der Waals surface area contributed by atoms with Gasteiger partial charge in [0.25, 0.3) is 5.56 Å². The van der Waals surface area contributed by atoms with E-state index in [4.69, 9.17) is 0 Å². The molecule has 0 aliphatic carbocycles. The van der Waals surface area contributed by atoms with E-state index in [1.807, 2.05) is 11.6 Å². The van der Waals surface area contributed by atoms with Crippen LogP contribution < -0.4 is 5.56 Å². The summed E-state index contributed by atoms with van der Waals surface area (Å²) in [4.78, 5) is 18.0. The standard InChI is InChI=1S/C11H13BrN4OS/c1-3-16-8(10(12)7(2)15-16)6-18-11-13-5-4-9(17)14-11/h4-5H,3,6H2,1-2H3,(H,13,14,17). The second-order valence-electron chi connectivity index (χ2n) is 3.69. The van der Waals surface area contributed by atoms with Crippen LogP contribution in [0, 0.1) is 6.92 Å². The van der Waals surface area contributed by atoms with Crippen LogP contribution in [0.15, 0.2) is 26.7 Å². The SMILES string of the molecule is CCn1nc(C)c(Br)c1CSc1nccc(=O)[nH]1. The molecule has 2 aromatic rings. The van der Waals surface area contributed by atoms with E-state index in [-0.39, 0.29) is 5.56 Å². The van der Waals surface area contributed by atoms with Gasteiger partial charge < -0.3 is 4.98 Å². The number of thioether (sulfide) groups is 1. The molecule has 0 amide bonds. The van der Waals surface area contributed by atoms with Crippen molar-refractivity contribution in [2.45, 2.75) is 31.3 Å². The number of halogens is 1. The lowest BCUT2D eigenvalue weighted by atomic mass is 10.4. The molecule has 2 heterocycles. The summed E-state index contributed by atoms with van der Waals surface area (Å²) in [5.41, 5.74) is 1.94. The number of H-pyrrole nitrogens is 1. The van der Waals surface area contributed by atoms with Crippen LogP contribution in [0.5, 0.6) is 0 Å². The Labute approximate surface area is 117 Å². The van der Waals surface area contributed by atoms with E-state index < -0.39 is 0 Å². The number of hydrogen-bond donors (Lipinski definition) is 1. The minimum atomic E-state index is -0.133. The fourth-order valence-electron chi connectivity index (χ4n) is 1.57. The minimum Gasteiger partial charge on any atom is -0.301 e. The number of hydrogen-bond acceptors (Lipinski definition) is 4. The second kappa shape index (κ2) is 5.71. The van der Waals surface area contributed by atoms with Gasteiger partial charge in [-0.1, -0.05) is 11.8 Å². The van der Waals surface area contributed by atoms with Gasteiger partial charge in [0, 0.05) is 24.6 Å². The van der Waals surface area contributed by atoms with Gasteiger partial charge in [0.1, 0.15) is 0 Å². The zero-order valence-electron chi connectivity index (χ0n) is 10.1. The predicted octanol–water partition coefficient (Wildman–Crippen LogP) is 2.35. The third-order valence-electron chi connectivity index (χ3n) is 2.45. The number of rotatable bonds is 4. The Morgan fingerprint density at radius 1 is 1.56 bits per heavy atom. The van der Waals surface area contributed by atoms with E-state index >= 15 is 0 Å². The lowest BCUT2D eigenvalue weighted by Gasteiger charge is -2.04. The maximum atomic E-state index is 11.2. The molecule has 5 nitrogen and oxygen atoms in total. The predicted molar refractivity (Wildman–Crippen MR) is 74.8 cm³/mol. The zero-order chi connectivity index (χ0) is 13.1. The highest BCUT2D eigenvalue weighted by molar-refractivity contribution is 9.10. The Morgan fingerprint density at radius 2 is 2.33 bits per heavy atom. The van der Waals surface area contributed by atoms with Crippen molar-refractivity contribution in [2.75, 3.05) is 0 Å². The van der Waals surface area contributed by atoms with Gasteiger partial charge >= 0.3 is 0 Å². The third kappa shape index (κ3) is 2.84. The average Bonchev–Trinajstić information content (AvgIpc) is 2.63. The third-order valence-corrected chi connectivity index (χ3v) is 4.38. The number of aromatic nitrogens is 4. The summed E-state index contributed by atoms with van der Waals surface area (Å²) in [6.45, 7) is 4.84. The van der Waals surface area contributed by atoms with Crippen LogP contribution in [0.2, 0.25) is 0 Å². The molecule has 7 heteroatoms. The molecule has 0 aromatic carbocycles. The second-order valence-corrected chi connectivity index (χ2v) is 5.45. The highest BCUT2D eigenvalue weighted by Crippen LogP contribution is 2.26. The summed E-state index contributed by atoms with van der Waals surface area (Å²) >= 11 is 5.03. The first-order valence-electron chi connectivity index (χ1n) is 5.51. The van der Waals surface area contributed by atoms with Crippen LogP contribution in [0.3, 0.4) is 0 Å². The monoisotopic (exact) mass is 328 g/mol. The van der Waals surface area contributed by atoms with Gasteiger partial charge in [-0.2, -0.15) is 5.10 Å². The van der Waals surface area contributed by atoms with Crippen molar-refractivity contribution in [2.24, 2.45) is 0 Å². The molecule has 0 aliphatic heterocycles. The number of nitrogens with one attached hydrogen (secondary N) is 1. The molecule has 2 aromatic heterocycles. The molecule has 2 rings (SSSR count). The molecule has 18 heavy (non-hydrogen) atoms. The summed E-state index contributed by atoms with van der Waals surface area (Å²) in [7, 11) is 0. The molecule has 0 atom stereocenters. The van der Waals surface area contributed by atoms with E-state index in [1.165, 1.54) is 24.0 Å². The molecule has 0 unspecified atom stereocenters. The molecule has 0 aliphatic rings. The molecule has 0 radical (unpaired) electrons. The number of nitrogens with zero attached hydrogens (tertiary/aromatic N) is 3. The Morgan fingerprint density at radius 3 is 3.00 bits per heavy atom. The summed E-state index contributed by atoms with van der Waals surface area (Å²) < 4.78 is 2.98. The summed E-state index contributed by atoms with van der Waals surface area (Å²) in [5.74, 6) is 0.711. The Bertz CT molecular complexity index is 607. The average molecular weight is 329 g/mol. The normalized spacial score (nSPS) is 10.8. The highest BCUT2D eigenvalue weighted by Gasteiger charge is 2.12. The molecular weight excluding hydrogens is 316 g/mol. The summed E-state index contributed by atoms with van der Waals surface area (Å²) in [5, 5.41) is 5.04. The van der Waals surface area contributed by atoms with Crippen LogP contribution in [0.4, 0.5) is 0 Å². The van der Waals surface area contributed by atoms with Crippen molar-refractivity contribution in [1.82, 2.24) is 19.7 Å². The van der Waals surface area contributed by atoms with E-state index in [1.54, 1.807) is 0 Å². The zero-order valence-corrected chi connectivity index (χ0v) is 12.5. The van der Waals surface area contributed by atoms with Gasteiger partial charge in [-0.05, 0) is 29.8 Å². The maximum Gasteiger partial charge on any atom is 0.251 e. The smallest absolute Gasteiger partial charge is 0.251 e. The van der Waals surface area contributed by atoms with Gasteiger partial charge in [-0.3, -0.25) is 9.48 Å². The molecule has 0 spiro atoms. The van der Waals surface area contributed by atoms with E-state index in [2.05, 4.69) is 37.9 Å². The molecule has 1 N–H and O–H groups in total. The molecule has 0 fully saturated rings. The van der Waals surface area contributed by atoms with Crippen molar-refractivity contribution in [3.63, 3.8) is 0 Å². The molecule has 96 valence electrons. The van der Waals surface area contributed by atoms with Crippen molar-refractivity contribution in [1.29, 1.82) is 0 Å². The quantitative estimate of drug-likeness (QED) is 0.691. The van der Waals surface area contributed by atoms with Gasteiger partial charge in [0.15, 0.2) is 5.16 Å². The van der Waals surface area contributed by atoms with Gasteiger partial charge in [0.2, 0.25) is 0 Å². The highest BCUT2D eigenvalue weighted by atomic mass is 79.9. The Hall–Kier alpha value is -1.08. The van der Waals surface area contributed by atoms with E-state index in [0.29, 0.717) is 10.9 Å². The molecular formula is C11H13BrN4OS. The van der Waals surface area contributed by atoms with Crippen molar-refractivity contribution in [3.8, 4) is 0 Å². The van der Waals surface area contributed by atoms with Crippen LogP contribution in [-0.2, 0) is 12.3 Å². The van der Waals surface area contributed by atoms with Crippen LogP contribution in [0.1, 0.15) is 18.3 Å². The Kier molecular flexibility index (Phi) is 4.23. The van der Waals surface area contributed by atoms with Crippen molar-refractivity contribution in [3.05, 3.63) is 38.5 Å².